The Hall–Kier alpha value is -1.05. The molecule has 1 aromatic heterocycles. The number of anilines is 1. The van der Waals surface area contributed by atoms with Crippen molar-refractivity contribution in [2.75, 3.05) is 18.5 Å². The highest BCUT2D eigenvalue weighted by Crippen LogP contribution is 2.51. The van der Waals surface area contributed by atoms with E-state index in [2.05, 4.69) is 44.9 Å². The molecule has 2 nitrogen and oxygen atoms in total. The van der Waals surface area contributed by atoms with Crippen LogP contribution in [0.4, 0.5) is 5.82 Å². The molecular formula is C15H22N2. The van der Waals surface area contributed by atoms with Crippen molar-refractivity contribution in [2.24, 2.45) is 0 Å². The van der Waals surface area contributed by atoms with E-state index in [1.165, 1.54) is 42.9 Å². The zero-order chi connectivity index (χ0) is 12.3. The van der Waals surface area contributed by atoms with Gasteiger partial charge in [0.1, 0.15) is 5.82 Å². The highest BCUT2D eigenvalue weighted by atomic mass is 15.2. The Morgan fingerprint density at radius 2 is 1.94 bits per heavy atom. The lowest BCUT2D eigenvalue weighted by Gasteiger charge is -2.38. The van der Waals surface area contributed by atoms with Crippen molar-refractivity contribution in [3.8, 4) is 0 Å². The summed E-state index contributed by atoms with van der Waals surface area (Å²) in [6, 6.07) is 4.57. The van der Waals surface area contributed by atoms with Crippen LogP contribution in [-0.4, -0.2) is 18.6 Å². The van der Waals surface area contributed by atoms with E-state index in [0.29, 0.717) is 5.41 Å². The summed E-state index contributed by atoms with van der Waals surface area (Å²) >= 11 is 0. The van der Waals surface area contributed by atoms with Gasteiger partial charge >= 0.3 is 0 Å². The molecule has 17 heavy (non-hydrogen) atoms. The Labute approximate surface area is 104 Å². The van der Waals surface area contributed by atoms with E-state index in [-0.39, 0.29) is 5.41 Å². The van der Waals surface area contributed by atoms with Crippen LogP contribution >= 0.6 is 0 Å². The predicted octanol–water partition coefficient (Wildman–Crippen LogP) is 3.25. The van der Waals surface area contributed by atoms with Gasteiger partial charge < -0.3 is 4.90 Å². The summed E-state index contributed by atoms with van der Waals surface area (Å²) in [5.74, 6) is 1.23. The third-order valence-electron chi connectivity index (χ3n) is 4.43. The summed E-state index contributed by atoms with van der Waals surface area (Å²) < 4.78 is 0. The topological polar surface area (TPSA) is 16.1 Å². The molecule has 1 spiro atoms. The molecule has 2 heteroatoms. The molecule has 1 fully saturated rings. The monoisotopic (exact) mass is 230 g/mol. The second-order valence-corrected chi connectivity index (χ2v) is 6.81. The van der Waals surface area contributed by atoms with Gasteiger partial charge in [-0.05, 0) is 18.9 Å². The standard InChI is InChI=1S/C15H22N2/c1-14(2,3)12-7-6-11-13(16-12)17(4)10-15(11)8-5-9-15/h6-7H,5,8-10H2,1-4H3. The normalized spacial score (nSPS) is 21.5. The van der Waals surface area contributed by atoms with Crippen LogP contribution in [0.2, 0.25) is 0 Å². The molecule has 0 atom stereocenters. The first-order valence-corrected chi connectivity index (χ1v) is 6.66. The molecular weight excluding hydrogens is 208 g/mol. The van der Waals surface area contributed by atoms with E-state index in [9.17, 15) is 0 Å². The summed E-state index contributed by atoms with van der Waals surface area (Å²) in [4.78, 5) is 7.26. The molecule has 0 unspecified atom stereocenters. The molecule has 0 saturated heterocycles. The quantitative estimate of drug-likeness (QED) is 0.680. The van der Waals surface area contributed by atoms with Crippen LogP contribution in [0.15, 0.2) is 12.1 Å². The van der Waals surface area contributed by atoms with Crippen LogP contribution in [0.3, 0.4) is 0 Å². The van der Waals surface area contributed by atoms with Crippen molar-refractivity contribution < 1.29 is 0 Å². The fourth-order valence-corrected chi connectivity index (χ4v) is 3.22. The first kappa shape index (κ1) is 11.1. The average Bonchev–Trinajstić information content (AvgIpc) is 2.50. The van der Waals surface area contributed by atoms with E-state index in [0.717, 1.165) is 0 Å². The molecule has 1 aromatic rings. The lowest BCUT2D eigenvalue weighted by atomic mass is 9.66. The zero-order valence-corrected chi connectivity index (χ0v) is 11.4. The van der Waals surface area contributed by atoms with Gasteiger partial charge in [0.05, 0.1) is 0 Å². The number of hydrogen-bond donors (Lipinski definition) is 0. The predicted molar refractivity (Wildman–Crippen MR) is 71.7 cm³/mol. The second kappa shape index (κ2) is 3.24. The Bertz CT molecular complexity index is 452. The maximum Gasteiger partial charge on any atom is 0.132 e. The molecule has 0 amide bonds. The molecule has 2 heterocycles. The van der Waals surface area contributed by atoms with Crippen LogP contribution in [0.25, 0.3) is 0 Å². The first-order chi connectivity index (χ1) is 7.92. The Kier molecular flexibility index (Phi) is 2.11. The molecule has 92 valence electrons. The number of pyridine rings is 1. The minimum atomic E-state index is 0.144. The van der Waals surface area contributed by atoms with E-state index < -0.39 is 0 Å². The van der Waals surface area contributed by atoms with Crippen LogP contribution in [-0.2, 0) is 10.8 Å². The van der Waals surface area contributed by atoms with Gasteiger partial charge in [0.2, 0.25) is 0 Å². The van der Waals surface area contributed by atoms with Crippen molar-refractivity contribution in [3.63, 3.8) is 0 Å². The molecule has 1 saturated carbocycles. The summed E-state index contributed by atoms with van der Waals surface area (Å²) in [6.45, 7) is 7.87. The summed E-state index contributed by atoms with van der Waals surface area (Å²) in [5, 5.41) is 0. The zero-order valence-electron chi connectivity index (χ0n) is 11.4. The van der Waals surface area contributed by atoms with Crippen molar-refractivity contribution in [1.29, 1.82) is 0 Å². The van der Waals surface area contributed by atoms with Crippen molar-refractivity contribution >= 4 is 5.82 Å². The second-order valence-electron chi connectivity index (χ2n) is 6.81. The molecule has 1 aliphatic carbocycles. The minimum absolute atomic E-state index is 0.144. The number of rotatable bonds is 0. The van der Waals surface area contributed by atoms with Gasteiger partial charge in [0.15, 0.2) is 0 Å². The summed E-state index contributed by atoms with van der Waals surface area (Å²) in [6.07, 6.45) is 4.08. The maximum absolute atomic E-state index is 4.91. The minimum Gasteiger partial charge on any atom is -0.359 e. The first-order valence-electron chi connectivity index (χ1n) is 6.66. The molecule has 2 aliphatic rings. The third-order valence-corrected chi connectivity index (χ3v) is 4.43. The number of nitrogens with zero attached hydrogens (tertiary/aromatic N) is 2. The summed E-state index contributed by atoms with van der Waals surface area (Å²) in [7, 11) is 2.19. The van der Waals surface area contributed by atoms with Gasteiger partial charge in [0, 0.05) is 35.7 Å². The van der Waals surface area contributed by atoms with Crippen LogP contribution in [0.5, 0.6) is 0 Å². The number of hydrogen-bond acceptors (Lipinski definition) is 2. The van der Waals surface area contributed by atoms with Crippen LogP contribution < -0.4 is 4.90 Å². The van der Waals surface area contributed by atoms with Gasteiger partial charge in [-0.25, -0.2) is 4.98 Å². The van der Waals surface area contributed by atoms with E-state index in [4.69, 9.17) is 4.98 Å². The number of aromatic nitrogens is 1. The van der Waals surface area contributed by atoms with Gasteiger partial charge in [-0.1, -0.05) is 33.3 Å². The number of likely N-dealkylation sites (N-methyl/N-ethyl adjacent to an activating group) is 1. The maximum atomic E-state index is 4.91. The lowest BCUT2D eigenvalue weighted by molar-refractivity contribution is 0.265. The Balaban J connectivity index is 2.08. The Morgan fingerprint density at radius 1 is 1.24 bits per heavy atom. The van der Waals surface area contributed by atoms with Crippen LogP contribution in [0, 0.1) is 0 Å². The smallest absolute Gasteiger partial charge is 0.132 e. The Morgan fingerprint density at radius 3 is 2.47 bits per heavy atom. The molecule has 0 radical (unpaired) electrons. The molecule has 1 aliphatic heterocycles. The SMILES string of the molecule is CN1CC2(CCC2)c2ccc(C(C)(C)C)nc21. The highest BCUT2D eigenvalue weighted by Gasteiger charge is 2.46. The molecule has 3 rings (SSSR count). The largest absolute Gasteiger partial charge is 0.359 e. The molecule has 0 N–H and O–H groups in total. The molecule has 0 bridgehead atoms. The van der Waals surface area contributed by atoms with E-state index >= 15 is 0 Å². The fraction of sp³-hybridized carbons (Fsp3) is 0.667. The lowest BCUT2D eigenvalue weighted by Crippen LogP contribution is -2.38. The fourth-order valence-electron chi connectivity index (χ4n) is 3.22. The van der Waals surface area contributed by atoms with Crippen molar-refractivity contribution in [2.45, 2.75) is 50.9 Å². The molecule has 0 aromatic carbocycles. The van der Waals surface area contributed by atoms with Crippen molar-refractivity contribution in [3.05, 3.63) is 23.4 Å². The van der Waals surface area contributed by atoms with Crippen LogP contribution in [0.1, 0.15) is 51.3 Å². The average molecular weight is 230 g/mol. The third kappa shape index (κ3) is 1.50. The van der Waals surface area contributed by atoms with Gasteiger partial charge in [-0.2, -0.15) is 0 Å². The summed E-state index contributed by atoms with van der Waals surface area (Å²) in [5.41, 5.74) is 3.30. The highest BCUT2D eigenvalue weighted by molar-refractivity contribution is 5.59. The van der Waals surface area contributed by atoms with Gasteiger partial charge in [-0.3, -0.25) is 0 Å². The van der Waals surface area contributed by atoms with E-state index in [1.807, 2.05) is 0 Å². The van der Waals surface area contributed by atoms with E-state index in [1.54, 1.807) is 0 Å². The van der Waals surface area contributed by atoms with Gasteiger partial charge in [-0.15, -0.1) is 0 Å². The van der Waals surface area contributed by atoms with Crippen molar-refractivity contribution in [1.82, 2.24) is 4.98 Å². The van der Waals surface area contributed by atoms with Gasteiger partial charge in [0.25, 0.3) is 0 Å². The number of fused-ring (bicyclic) bond motifs is 2.